The number of nitrogens with one attached hydrogen (secondary N) is 2. The van der Waals surface area contributed by atoms with Crippen LogP contribution in [0.5, 0.6) is 5.75 Å². The Kier molecular flexibility index (Phi) is 7.32. The molecule has 0 radical (unpaired) electrons. The number of anilines is 1. The number of carbonyl (C=O) groups excluding carboxylic acids is 2. The number of halogens is 1. The molecule has 23 heavy (non-hydrogen) atoms. The van der Waals surface area contributed by atoms with Gasteiger partial charge in [0.1, 0.15) is 5.75 Å². The van der Waals surface area contributed by atoms with Crippen LogP contribution in [0.1, 0.15) is 6.92 Å². The van der Waals surface area contributed by atoms with Gasteiger partial charge < -0.3 is 20.3 Å². The van der Waals surface area contributed by atoms with E-state index >= 15 is 0 Å². The molecule has 2 amide bonds. The Morgan fingerprint density at radius 1 is 1.30 bits per heavy atom. The fourth-order valence-corrected chi connectivity index (χ4v) is 2.04. The van der Waals surface area contributed by atoms with E-state index in [1.54, 1.807) is 38.4 Å². The molecule has 0 spiro atoms. The maximum Gasteiger partial charge on any atom is 0.259 e. The van der Waals surface area contributed by atoms with Gasteiger partial charge in [0.05, 0.1) is 0 Å². The zero-order chi connectivity index (χ0) is 16.1. The Morgan fingerprint density at radius 3 is 2.39 bits per heavy atom. The highest BCUT2D eigenvalue weighted by Gasteiger charge is 2.28. The van der Waals surface area contributed by atoms with Crippen molar-refractivity contribution in [3.8, 4) is 5.75 Å². The van der Waals surface area contributed by atoms with E-state index in [1.807, 2.05) is 6.92 Å². The summed E-state index contributed by atoms with van der Waals surface area (Å²) >= 11 is 0. The number of hydrogen-bond acceptors (Lipinski definition) is 4. The molecule has 2 rings (SSSR count). The third-order valence-corrected chi connectivity index (χ3v) is 3.92. The molecular weight excluding hydrogens is 318 g/mol. The van der Waals surface area contributed by atoms with Crippen LogP contribution >= 0.6 is 12.4 Å². The largest absolute Gasteiger partial charge is 0.484 e. The van der Waals surface area contributed by atoms with E-state index in [2.05, 4.69) is 10.6 Å². The minimum absolute atomic E-state index is 0. The monoisotopic (exact) mass is 341 g/mol. The van der Waals surface area contributed by atoms with Gasteiger partial charge in [0, 0.05) is 25.7 Å². The molecule has 1 fully saturated rings. The van der Waals surface area contributed by atoms with E-state index < -0.39 is 0 Å². The number of benzene rings is 1. The van der Waals surface area contributed by atoms with Crippen molar-refractivity contribution in [1.29, 1.82) is 0 Å². The number of ether oxygens (including phenoxy) is 1. The molecule has 1 aliphatic heterocycles. The SMILES string of the molecule is CC(C(=O)Nc1ccc(OCC(=O)N(C)C)cc1)C1CNC1.Cl. The van der Waals surface area contributed by atoms with Crippen LogP contribution in [0.15, 0.2) is 24.3 Å². The number of rotatable bonds is 6. The van der Waals surface area contributed by atoms with Gasteiger partial charge in [-0.25, -0.2) is 0 Å². The van der Waals surface area contributed by atoms with Crippen LogP contribution in [0.3, 0.4) is 0 Å². The van der Waals surface area contributed by atoms with Gasteiger partial charge >= 0.3 is 0 Å². The fourth-order valence-electron chi connectivity index (χ4n) is 2.04. The molecule has 0 bridgehead atoms. The second kappa shape index (κ2) is 8.74. The molecule has 7 heteroatoms. The normalized spacial score (nSPS) is 14.9. The topological polar surface area (TPSA) is 70.7 Å². The van der Waals surface area contributed by atoms with E-state index in [0.29, 0.717) is 11.7 Å². The summed E-state index contributed by atoms with van der Waals surface area (Å²) in [5.74, 6) is 0.947. The van der Waals surface area contributed by atoms with Crippen molar-refractivity contribution >= 4 is 29.9 Å². The van der Waals surface area contributed by atoms with Gasteiger partial charge in [-0.15, -0.1) is 12.4 Å². The van der Waals surface area contributed by atoms with E-state index in [1.165, 1.54) is 4.90 Å². The lowest BCUT2D eigenvalue weighted by molar-refractivity contribution is -0.130. The van der Waals surface area contributed by atoms with Gasteiger partial charge in [-0.05, 0) is 43.3 Å². The van der Waals surface area contributed by atoms with E-state index in [0.717, 1.165) is 18.8 Å². The van der Waals surface area contributed by atoms with Crippen molar-refractivity contribution in [1.82, 2.24) is 10.2 Å². The number of hydrogen-bond donors (Lipinski definition) is 2. The first-order chi connectivity index (χ1) is 10.5. The van der Waals surface area contributed by atoms with E-state index in [9.17, 15) is 9.59 Å². The quantitative estimate of drug-likeness (QED) is 0.820. The number of carbonyl (C=O) groups is 2. The molecule has 1 aliphatic rings. The third-order valence-electron chi connectivity index (χ3n) is 3.92. The first kappa shape index (κ1) is 19.3. The molecule has 1 heterocycles. The first-order valence-electron chi connectivity index (χ1n) is 7.42. The Labute approximate surface area is 143 Å². The van der Waals surface area contributed by atoms with Crippen LogP contribution in [-0.4, -0.2) is 50.5 Å². The highest BCUT2D eigenvalue weighted by molar-refractivity contribution is 5.92. The molecule has 0 aromatic heterocycles. The summed E-state index contributed by atoms with van der Waals surface area (Å²) in [6, 6.07) is 7.04. The molecular formula is C16H24ClN3O3. The first-order valence-corrected chi connectivity index (χ1v) is 7.42. The average Bonchev–Trinajstić information content (AvgIpc) is 2.44. The summed E-state index contributed by atoms with van der Waals surface area (Å²) in [5, 5.41) is 6.08. The van der Waals surface area contributed by atoms with Crippen molar-refractivity contribution in [2.45, 2.75) is 6.92 Å². The molecule has 0 aliphatic carbocycles. The van der Waals surface area contributed by atoms with Crippen LogP contribution in [0.4, 0.5) is 5.69 Å². The third kappa shape index (κ3) is 5.41. The van der Waals surface area contributed by atoms with Crippen molar-refractivity contribution in [3.05, 3.63) is 24.3 Å². The summed E-state index contributed by atoms with van der Waals surface area (Å²) in [6.45, 7) is 3.76. The molecule has 1 unspecified atom stereocenters. The van der Waals surface area contributed by atoms with E-state index in [4.69, 9.17) is 4.74 Å². The van der Waals surface area contributed by atoms with Gasteiger partial charge in [0.25, 0.3) is 5.91 Å². The van der Waals surface area contributed by atoms with E-state index in [-0.39, 0.29) is 36.7 Å². The summed E-state index contributed by atoms with van der Waals surface area (Å²) in [6.07, 6.45) is 0. The van der Waals surface area contributed by atoms with Gasteiger partial charge in [-0.3, -0.25) is 9.59 Å². The lowest BCUT2D eigenvalue weighted by Gasteiger charge is -2.31. The summed E-state index contributed by atoms with van der Waals surface area (Å²) in [5.41, 5.74) is 0.732. The van der Waals surface area contributed by atoms with Gasteiger partial charge in [0.2, 0.25) is 5.91 Å². The predicted molar refractivity (Wildman–Crippen MR) is 92.0 cm³/mol. The molecule has 1 atom stereocenters. The van der Waals surface area contributed by atoms with Crippen LogP contribution < -0.4 is 15.4 Å². The molecule has 2 N–H and O–H groups in total. The van der Waals surface area contributed by atoms with Crippen molar-refractivity contribution in [3.63, 3.8) is 0 Å². The van der Waals surface area contributed by atoms with Crippen LogP contribution in [0.25, 0.3) is 0 Å². The molecule has 1 aromatic carbocycles. The fraction of sp³-hybridized carbons (Fsp3) is 0.500. The zero-order valence-corrected chi connectivity index (χ0v) is 14.5. The summed E-state index contributed by atoms with van der Waals surface area (Å²) < 4.78 is 5.39. The van der Waals surface area contributed by atoms with Gasteiger partial charge in [-0.1, -0.05) is 6.92 Å². The summed E-state index contributed by atoms with van der Waals surface area (Å²) in [4.78, 5) is 25.0. The van der Waals surface area contributed by atoms with Gasteiger partial charge in [-0.2, -0.15) is 0 Å². The Balaban J connectivity index is 0.00000264. The standard InChI is InChI=1S/C16H23N3O3.ClH/c1-11(12-8-17-9-12)16(21)18-13-4-6-14(7-5-13)22-10-15(20)19(2)3;/h4-7,11-12,17H,8-10H2,1-3H3,(H,18,21);1H. The second-order valence-electron chi connectivity index (χ2n) is 5.80. The molecule has 1 aromatic rings. The molecule has 1 saturated heterocycles. The molecule has 128 valence electrons. The van der Waals surface area contributed by atoms with Crippen LogP contribution in [0, 0.1) is 11.8 Å². The number of amides is 2. The van der Waals surface area contributed by atoms with Crippen molar-refractivity contribution < 1.29 is 14.3 Å². The maximum atomic E-state index is 12.1. The smallest absolute Gasteiger partial charge is 0.259 e. The lowest BCUT2D eigenvalue weighted by atomic mass is 9.88. The Hall–Kier alpha value is -1.79. The zero-order valence-electron chi connectivity index (χ0n) is 13.7. The highest BCUT2D eigenvalue weighted by atomic mass is 35.5. The number of nitrogens with zero attached hydrogens (tertiary/aromatic N) is 1. The van der Waals surface area contributed by atoms with Crippen molar-refractivity contribution in [2.75, 3.05) is 39.1 Å². The minimum Gasteiger partial charge on any atom is -0.484 e. The molecule has 0 saturated carbocycles. The number of likely N-dealkylation sites (N-methyl/N-ethyl adjacent to an activating group) is 1. The molecule has 6 nitrogen and oxygen atoms in total. The van der Waals surface area contributed by atoms with Crippen molar-refractivity contribution in [2.24, 2.45) is 11.8 Å². The van der Waals surface area contributed by atoms with Gasteiger partial charge in [0.15, 0.2) is 6.61 Å². The summed E-state index contributed by atoms with van der Waals surface area (Å²) in [7, 11) is 3.37. The maximum absolute atomic E-state index is 12.1. The van der Waals surface area contributed by atoms with Crippen LogP contribution in [-0.2, 0) is 9.59 Å². The predicted octanol–water partition coefficient (Wildman–Crippen LogP) is 1.37. The minimum atomic E-state index is -0.0969. The lowest BCUT2D eigenvalue weighted by Crippen LogP contribution is -2.48. The Bertz CT molecular complexity index is 530. The van der Waals surface area contributed by atoms with Crippen LogP contribution in [0.2, 0.25) is 0 Å². The second-order valence-corrected chi connectivity index (χ2v) is 5.80. The average molecular weight is 342 g/mol. The highest BCUT2D eigenvalue weighted by Crippen LogP contribution is 2.20. The Morgan fingerprint density at radius 2 is 1.91 bits per heavy atom.